The number of nitrogens with zero attached hydrogens (tertiary/aromatic N) is 1. The Morgan fingerprint density at radius 2 is 2.23 bits per heavy atom. The van der Waals surface area contributed by atoms with Crippen LogP contribution in [0.15, 0.2) is 24.3 Å². The second-order valence-corrected chi connectivity index (χ2v) is 2.47. The smallest absolute Gasteiger partial charge is 0.258 e. The van der Waals surface area contributed by atoms with Crippen molar-refractivity contribution in [2.24, 2.45) is 0 Å². The largest absolute Gasteiger partial charge is 0.269 e. The molecule has 0 aliphatic heterocycles. The second-order valence-electron chi connectivity index (χ2n) is 2.47. The first-order chi connectivity index (χ1) is 6.15. The number of rotatable bonds is 3. The van der Waals surface area contributed by atoms with Gasteiger partial charge in [-0.15, -0.1) is 0 Å². The van der Waals surface area contributed by atoms with Crippen LogP contribution in [0.1, 0.15) is 11.7 Å². The number of non-ortho nitro benzene ring substituents is 1. The van der Waals surface area contributed by atoms with Gasteiger partial charge in [0, 0.05) is 12.1 Å². The molecule has 5 heteroatoms. The molecule has 0 aliphatic rings. The lowest BCUT2D eigenvalue weighted by atomic mass is 10.1. The van der Waals surface area contributed by atoms with E-state index in [9.17, 15) is 18.9 Å². The van der Waals surface area contributed by atoms with Gasteiger partial charge in [-0.1, -0.05) is 12.1 Å². The van der Waals surface area contributed by atoms with E-state index in [-0.39, 0.29) is 11.3 Å². The number of benzene rings is 1. The van der Waals surface area contributed by atoms with Crippen LogP contribution in [0.3, 0.4) is 0 Å². The summed E-state index contributed by atoms with van der Waals surface area (Å²) in [5.41, 5.74) is -0.231. The number of nitro groups is 1. The van der Waals surface area contributed by atoms with Crippen molar-refractivity contribution >= 4 is 5.69 Å². The van der Waals surface area contributed by atoms with E-state index in [1.165, 1.54) is 18.2 Å². The first kappa shape index (κ1) is 9.57. The van der Waals surface area contributed by atoms with E-state index in [1.807, 2.05) is 0 Å². The third-order valence-corrected chi connectivity index (χ3v) is 1.58. The Hall–Kier alpha value is -1.52. The molecule has 0 N–H and O–H groups in total. The van der Waals surface area contributed by atoms with E-state index >= 15 is 0 Å². The molecule has 70 valence electrons. The van der Waals surface area contributed by atoms with Crippen LogP contribution in [-0.4, -0.2) is 11.6 Å². The zero-order valence-electron chi connectivity index (χ0n) is 6.61. The normalized spacial score (nSPS) is 12.5. The van der Waals surface area contributed by atoms with Gasteiger partial charge in [0.25, 0.3) is 5.69 Å². The maximum absolute atomic E-state index is 12.7. The van der Waals surface area contributed by atoms with E-state index < -0.39 is 17.8 Å². The van der Waals surface area contributed by atoms with E-state index in [0.29, 0.717) is 0 Å². The van der Waals surface area contributed by atoms with Crippen molar-refractivity contribution < 1.29 is 13.7 Å². The van der Waals surface area contributed by atoms with Crippen LogP contribution >= 0.6 is 0 Å². The van der Waals surface area contributed by atoms with Crippen molar-refractivity contribution in [1.82, 2.24) is 0 Å². The van der Waals surface area contributed by atoms with Crippen LogP contribution in [-0.2, 0) is 0 Å². The molecule has 1 aromatic rings. The zero-order valence-corrected chi connectivity index (χ0v) is 6.61. The zero-order chi connectivity index (χ0) is 9.84. The summed E-state index contributed by atoms with van der Waals surface area (Å²) in [5.74, 6) is 0. The summed E-state index contributed by atoms with van der Waals surface area (Å²) in [4.78, 5) is 9.61. The summed E-state index contributed by atoms with van der Waals surface area (Å²) < 4.78 is 24.6. The van der Waals surface area contributed by atoms with Crippen molar-refractivity contribution in [3.8, 4) is 0 Å². The van der Waals surface area contributed by atoms with Gasteiger partial charge in [0.05, 0.1) is 4.92 Å². The predicted octanol–water partition coefficient (Wildman–Crippen LogP) is 2.57. The van der Waals surface area contributed by atoms with Gasteiger partial charge < -0.3 is 0 Å². The molecule has 0 aliphatic carbocycles. The molecule has 1 rings (SSSR count). The summed E-state index contributed by atoms with van der Waals surface area (Å²) in [6, 6.07) is 4.91. The Morgan fingerprint density at radius 1 is 1.54 bits per heavy atom. The highest BCUT2D eigenvalue weighted by atomic mass is 19.2. The number of hydrogen-bond acceptors (Lipinski definition) is 2. The Morgan fingerprint density at radius 3 is 2.77 bits per heavy atom. The molecule has 0 amide bonds. The molecule has 1 unspecified atom stereocenters. The lowest BCUT2D eigenvalue weighted by Gasteiger charge is -2.02. The van der Waals surface area contributed by atoms with Crippen LogP contribution in [0, 0.1) is 10.1 Å². The van der Waals surface area contributed by atoms with Crippen molar-refractivity contribution in [3.63, 3.8) is 0 Å². The second kappa shape index (κ2) is 3.93. The maximum Gasteiger partial charge on any atom is 0.269 e. The Balaban J connectivity index is 2.98. The van der Waals surface area contributed by atoms with Gasteiger partial charge in [0.2, 0.25) is 0 Å². The highest BCUT2D eigenvalue weighted by molar-refractivity contribution is 5.35. The third-order valence-electron chi connectivity index (χ3n) is 1.58. The van der Waals surface area contributed by atoms with Crippen molar-refractivity contribution in [2.75, 3.05) is 6.67 Å². The van der Waals surface area contributed by atoms with Crippen LogP contribution in [0.5, 0.6) is 0 Å². The fraction of sp³-hybridized carbons (Fsp3) is 0.250. The highest BCUT2D eigenvalue weighted by Gasteiger charge is 2.12. The number of halogens is 2. The minimum atomic E-state index is -1.78. The molecule has 0 saturated heterocycles. The molecule has 1 aromatic carbocycles. The van der Waals surface area contributed by atoms with Crippen LogP contribution < -0.4 is 0 Å². The minimum absolute atomic E-state index is 0.00306. The van der Waals surface area contributed by atoms with Gasteiger partial charge in [0.15, 0.2) is 6.17 Å². The first-order valence-electron chi connectivity index (χ1n) is 3.59. The van der Waals surface area contributed by atoms with Crippen LogP contribution in [0.25, 0.3) is 0 Å². The van der Waals surface area contributed by atoms with Crippen LogP contribution in [0.2, 0.25) is 0 Å². The maximum atomic E-state index is 12.7. The molecule has 0 fully saturated rings. The molecular formula is C8H7F2NO2. The SMILES string of the molecule is O=[N+]([O-])c1cccc(C(F)CF)c1. The Kier molecular flexibility index (Phi) is 2.89. The van der Waals surface area contributed by atoms with Crippen molar-refractivity contribution in [3.05, 3.63) is 39.9 Å². The third kappa shape index (κ3) is 2.21. The monoisotopic (exact) mass is 187 g/mol. The van der Waals surface area contributed by atoms with Gasteiger partial charge in [-0.05, 0) is 5.56 Å². The summed E-state index contributed by atoms with van der Waals surface area (Å²) in [6.07, 6.45) is -1.78. The number of alkyl halides is 2. The highest BCUT2D eigenvalue weighted by Crippen LogP contribution is 2.22. The summed E-state index contributed by atoms with van der Waals surface area (Å²) in [7, 11) is 0. The summed E-state index contributed by atoms with van der Waals surface area (Å²) in [5, 5.41) is 10.3. The average molecular weight is 187 g/mol. The fourth-order valence-corrected chi connectivity index (χ4v) is 0.922. The van der Waals surface area contributed by atoms with Gasteiger partial charge in [-0.25, -0.2) is 8.78 Å². The molecule has 13 heavy (non-hydrogen) atoms. The van der Waals surface area contributed by atoms with Crippen molar-refractivity contribution in [1.29, 1.82) is 0 Å². The van der Waals surface area contributed by atoms with Gasteiger partial charge in [0.1, 0.15) is 6.67 Å². The molecule has 0 bridgehead atoms. The molecule has 0 radical (unpaired) electrons. The van der Waals surface area contributed by atoms with E-state index in [0.717, 1.165) is 6.07 Å². The molecule has 0 spiro atoms. The molecule has 3 nitrogen and oxygen atoms in total. The molecule has 0 aromatic heterocycles. The minimum Gasteiger partial charge on any atom is -0.258 e. The summed E-state index contributed by atoms with van der Waals surface area (Å²) in [6.45, 7) is -1.17. The molecular weight excluding hydrogens is 180 g/mol. The summed E-state index contributed by atoms with van der Waals surface area (Å²) >= 11 is 0. The molecule has 0 heterocycles. The van der Waals surface area contributed by atoms with Gasteiger partial charge in [-0.3, -0.25) is 10.1 Å². The quantitative estimate of drug-likeness (QED) is 0.539. The molecule has 0 saturated carbocycles. The lowest BCUT2D eigenvalue weighted by molar-refractivity contribution is -0.385. The van der Waals surface area contributed by atoms with E-state index in [2.05, 4.69) is 0 Å². The Bertz CT molecular complexity index is 317. The number of nitro benzene ring substituents is 1. The Labute approximate surface area is 73.1 Å². The van der Waals surface area contributed by atoms with Gasteiger partial charge in [-0.2, -0.15) is 0 Å². The molecule has 1 atom stereocenters. The average Bonchev–Trinajstić information content (AvgIpc) is 2.17. The lowest BCUT2D eigenvalue weighted by Crippen LogP contribution is -1.95. The van der Waals surface area contributed by atoms with E-state index in [1.54, 1.807) is 0 Å². The van der Waals surface area contributed by atoms with E-state index in [4.69, 9.17) is 0 Å². The van der Waals surface area contributed by atoms with Crippen LogP contribution in [0.4, 0.5) is 14.5 Å². The first-order valence-corrected chi connectivity index (χ1v) is 3.59. The topological polar surface area (TPSA) is 43.1 Å². The standard InChI is InChI=1S/C8H7F2NO2/c9-5-8(10)6-2-1-3-7(4-6)11(12)13/h1-4,8H,5H2. The predicted molar refractivity (Wildman–Crippen MR) is 42.9 cm³/mol. The van der Waals surface area contributed by atoms with Gasteiger partial charge >= 0.3 is 0 Å². The fourth-order valence-electron chi connectivity index (χ4n) is 0.922. The van der Waals surface area contributed by atoms with Crippen molar-refractivity contribution in [2.45, 2.75) is 6.17 Å². The number of hydrogen-bond donors (Lipinski definition) is 0.